The van der Waals surface area contributed by atoms with Gasteiger partial charge in [-0.05, 0) is 28.8 Å². The molecule has 5 atom stereocenters. The van der Waals surface area contributed by atoms with E-state index in [9.17, 15) is 25.5 Å². The topological polar surface area (TPSA) is 110 Å². The van der Waals surface area contributed by atoms with Crippen LogP contribution in [0.3, 0.4) is 0 Å². The van der Waals surface area contributed by atoms with Gasteiger partial charge in [-0.15, -0.1) is 0 Å². The zero-order valence-electron chi connectivity index (χ0n) is 17.8. The van der Waals surface area contributed by atoms with E-state index in [2.05, 4.69) is 0 Å². The maximum Gasteiger partial charge on any atom is 0.191 e. The lowest BCUT2D eigenvalue weighted by atomic mass is 9.75. The van der Waals surface area contributed by atoms with E-state index in [4.69, 9.17) is 4.74 Å². The van der Waals surface area contributed by atoms with Gasteiger partial charge in [-0.1, -0.05) is 91.0 Å². The lowest BCUT2D eigenvalue weighted by Gasteiger charge is -2.51. The van der Waals surface area contributed by atoms with Crippen LogP contribution in [0.25, 0.3) is 12.2 Å². The Morgan fingerprint density at radius 1 is 0.788 bits per heavy atom. The smallest absolute Gasteiger partial charge is 0.191 e. The first-order valence-corrected chi connectivity index (χ1v) is 10.6. The van der Waals surface area contributed by atoms with Crippen LogP contribution < -0.4 is 0 Å². The van der Waals surface area contributed by atoms with Gasteiger partial charge in [-0.25, -0.2) is 0 Å². The van der Waals surface area contributed by atoms with Crippen molar-refractivity contribution in [2.24, 2.45) is 0 Å². The maximum atomic E-state index is 11.6. The van der Waals surface area contributed by atoms with Gasteiger partial charge in [0.05, 0.1) is 0 Å². The molecule has 3 aromatic rings. The summed E-state index contributed by atoms with van der Waals surface area (Å²) >= 11 is 0. The second-order valence-electron chi connectivity index (χ2n) is 8.01. The first kappa shape index (κ1) is 22.8. The summed E-state index contributed by atoms with van der Waals surface area (Å²) in [4.78, 5) is 0. The number of benzene rings is 3. The molecular formula is C27H26O6. The van der Waals surface area contributed by atoms with Gasteiger partial charge in [0.15, 0.2) is 11.7 Å². The molecule has 5 N–H and O–H groups in total. The van der Waals surface area contributed by atoms with Crippen molar-refractivity contribution in [3.05, 3.63) is 119 Å². The van der Waals surface area contributed by atoms with Gasteiger partial charge in [0.2, 0.25) is 0 Å². The van der Waals surface area contributed by atoms with Crippen LogP contribution in [-0.4, -0.2) is 49.4 Å². The second kappa shape index (κ2) is 9.60. The fourth-order valence-corrected chi connectivity index (χ4v) is 3.90. The number of hydrogen-bond donors (Lipinski definition) is 5. The average Bonchev–Trinajstić information content (AvgIpc) is 2.86. The third-order valence-electron chi connectivity index (χ3n) is 5.75. The van der Waals surface area contributed by atoms with Gasteiger partial charge >= 0.3 is 0 Å². The van der Waals surface area contributed by atoms with Crippen molar-refractivity contribution in [1.82, 2.24) is 0 Å². The summed E-state index contributed by atoms with van der Waals surface area (Å²) in [7, 11) is 0. The van der Waals surface area contributed by atoms with E-state index in [0.717, 1.165) is 5.56 Å². The predicted molar refractivity (Wildman–Crippen MR) is 125 cm³/mol. The molecule has 0 saturated carbocycles. The molecule has 0 spiro atoms. The SMILES string of the molecule is OC(=Cc1ccccc1)[C@@H](O)[C@@H](O)[C@H](O)[C@@]1(O)C(=Cc2ccccc2)OC1c1ccccc1. The molecule has 1 heterocycles. The molecule has 6 nitrogen and oxygen atoms in total. The quantitative estimate of drug-likeness (QED) is 0.357. The highest BCUT2D eigenvalue weighted by molar-refractivity contribution is 5.57. The van der Waals surface area contributed by atoms with Crippen molar-refractivity contribution >= 4 is 12.2 Å². The number of aliphatic hydroxyl groups excluding tert-OH is 4. The van der Waals surface area contributed by atoms with Crippen LogP contribution in [0.5, 0.6) is 0 Å². The van der Waals surface area contributed by atoms with Crippen LogP contribution in [0.1, 0.15) is 22.8 Å². The van der Waals surface area contributed by atoms with Gasteiger partial charge in [-0.3, -0.25) is 0 Å². The summed E-state index contributed by atoms with van der Waals surface area (Å²) in [5, 5.41) is 54.2. The number of ether oxygens (including phenoxy) is 1. The molecule has 3 aromatic carbocycles. The Balaban J connectivity index is 1.64. The summed E-state index contributed by atoms with van der Waals surface area (Å²) in [6.45, 7) is 0. The fraction of sp³-hybridized carbons (Fsp3) is 0.185. The van der Waals surface area contributed by atoms with Crippen molar-refractivity contribution in [2.75, 3.05) is 0 Å². The molecule has 1 aliphatic rings. The van der Waals surface area contributed by atoms with Crippen molar-refractivity contribution in [2.45, 2.75) is 30.0 Å². The third-order valence-corrected chi connectivity index (χ3v) is 5.75. The normalized spacial score (nSPS) is 24.4. The highest BCUT2D eigenvalue weighted by atomic mass is 16.6. The number of aliphatic hydroxyl groups is 5. The number of hydrogen-bond acceptors (Lipinski definition) is 6. The van der Waals surface area contributed by atoms with Crippen LogP contribution >= 0.6 is 0 Å². The standard InChI is InChI=1S/C27H26O6/c28-21(16-18-10-4-1-5-11-18)23(29)24(30)25(31)27(32)22(17-19-12-6-2-7-13-19)33-26(27)20-14-8-3-9-15-20/h1-17,23-26,28-32H/t23-,24-,25+,26?,27+/m1/s1. The molecule has 170 valence electrons. The van der Waals surface area contributed by atoms with Gasteiger partial charge in [-0.2, -0.15) is 0 Å². The van der Waals surface area contributed by atoms with Gasteiger partial charge in [0.1, 0.15) is 29.8 Å². The fourth-order valence-electron chi connectivity index (χ4n) is 3.90. The molecule has 4 rings (SSSR count). The molecule has 0 amide bonds. The molecule has 33 heavy (non-hydrogen) atoms. The Hall–Kier alpha value is -3.42. The summed E-state index contributed by atoms with van der Waals surface area (Å²) in [5.74, 6) is -0.491. The molecule has 1 unspecified atom stereocenters. The first-order valence-electron chi connectivity index (χ1n) is 10.6. The lowest BCUT2D eigenvalue weighted by molar-refractivity contribution is -0.253. The van der Waals surface area contributed by atoms with Gasteiger partial charge in [0.25, 0.3) is 0 Å². The van der Waals surface area contributed by atoms with E-state index < -0.39 is 35.8 Å². The molecule has 0 aliphatic carbocycles. The van der Waals surface area contributed by atoms with Gasteiger partial charge in [0, 0.05) is 0 Å². The lowest BCUT2D eigenvalue weighted by Crippen LogP contribution is -2.63. The van der Waals surface area contributed by atoms with Crippen LogP contribution in [0.2, 0.25) is 0 Å². The zero-order chi connectivity index (χ0) is 23.4. The van der Waals surface area contributed by atoms with E-state index in [1.165, 1.54) is 6.08 Å². The molecule has 6 heteroatoms. The van der Waals surface area contributed by atoms with E-state index in [1.54, 1.807) is 72.8 Å². The Morgan fingerprint density at radius 3 is 1.88 bits per heavy atom. The summed E-state index contributed by atoms with van der Waals surface area (Å²) in [6, 6.07) is 26.7. The summed E-state index contributed by atoms with van der Waals surface area (Å²) < 4.78 is 5.83. The maximum absolute atomic E-state index is 11.6. The average molecular weight is 446 g/mol. The minimum atomic E-state index is -2.04. The molecule has 0 bridgehead atoms. The van der Waals surface area contributed by atoms with Gasteiger partial charge < -0.3 is 30.3 Å². The van der Waals surface area contributed by atoms with Crippen LogP contribution in [0.15, 0.2) is 103 Å². The minimum absolute atomic E-state index is 0.0489. The summed E-state index contributed by atoms with van der Waals surface area (Å²) in [6.07, 6.45) is -3.72. The number of rotatable bonds is 7. The Bertz CT molecular complexity index is 1110. The van der Waals surface area contributed by atoms with Crippen LogP contribution in [-0.2, 0) is 4.74 Å². The molecule has 1 saturated heterocycles. The van der Waals surface area contributed by atoms with Crippen molar-refractivity contribution in [1.29, 1.82) is 0 Å². The van der Waals surface area contributed by atoms with E-state index >= 15 is 0 Å². The Kier molecular flexibility index (Phi) is 6.62. The van der Waals surface area contributed by atoms with Crippen molar-refractivity contribution in [3.8, 4) is 0 Å². The predicted octanol–water partition coefficient (Wildman–Crippen LogP) is 3.21. The van der Waals surface area contributed by atoms with E-state index in [0.29, 0.717) is 11.1 Å². The Labute approximate surface area is 192 Å². The largest absolute Gasteiger partial charge is 0.509 e. The van der Waals surface area contributed by atoms with Crippen LogP contribution in [0.4, 0.5) is 0 Å². The molecule has 0 aromatic heterocycles. The van der Waals surface area contributed by atoms with Crippen molar-refractivity contribution < 1.29 is 30.3 Å². The molecular weight excluding hydrogens is 420 g/mol. The van der Waals surface area contributed by atoms with Crippen molar-refractivity contribution in [3.63, 3.8) is 0 Å². The minimum Gasteiger partial charge on any atom is -0.509 e. The monoisotopic (exact) mass is 446 g/mol. The molecule has 1 aliphatic heterocycles. The third kappa shape index (κ3) is 4.55. The van der Waals surface area contributed by atoms with E-state index in [-0.39, 0.29) is 5.76 Å². The van der Waals surface area contributed by atoms with E-state index in [1.807, 2.05) is 24.3 Å². The van der Waals surface area contributed by atoms with Crippen LogP contribution in [0, 0.1) is 0 Å². The zero-order valence-corrected chi connectivity index (χ0v) is 17.8. The summed E-state index contributed by atoms with van der Waals surface area (Å²) in [5.41, 5.74) is -0.111. The molecule has 1 fully saturated rings. The highest BCUT2D eigenvalue weighted by Crippen LogP contribution is 2.51. The highest BCUT2D eigenvalue weighted by Gasteiger charge is 2.61. The molecule has 0 radical (unpaired) electrons. The first-order chi connectivity index (χ1) is 15.9. The Morgan fingerprint density at radius 2 is 1.30 bits per heavy atom. The second-order valence-corrected chi connectivity index (χ2v) is 8.01.